The highest BCUT2D eigenvalue weighted by Gasteiger charge is 2.31. The van der Waals surface area contributed by atoms with Gasteiger partial charge in [0.25, 0.3) is 5.91 Å². The molecule has 0 saturated carbocycles. The number of benzene rings is 1. The van der Waals surface area contributed by atoms with E-state index < -0.39 is 11.7 Å². The number of aromatic nitrogens is 2. The number of fused-ring (bicyclic) bond motifs is 1. The summed E-state index contributed by atoms with van der Waals surface area (Å²) in [7, 11) is 0. The normalized spacial score (nSPS) is 15.4. The zero-order valence-electron chi connectivity index (χ0n) is 14.1. The lowest BCUT2D eigenvalue weighted by Crippen LogP contribution is -2.48. The van der Waals surface area contributed by atoms with E-state index in [2.05, 4.69) is 14.9 Å². The van der Waals surface area contributed by atoms with E-state index in [1.165, 1.54) is 6.07 Å². The Morgan fingerprint density at radius 2 is 1.74 bits per heavy atom. The van der Waals surface area contributed by atoms with E-state index in [0.717, 1.165) is 29.2 Å². The SMILES string of the molecule is O=C(c1nc2cc(C(F)(F)F)ccc2s1)N1CCN(c2ccncc2)CC1. The van der Waals surface area contributed by atoms with E-state index in [1.807, 2.05) is 12.1 Å². The van der Waals surface area contributed by atoms with Crippen molar-refractivity contribution in [1.82, 2.24) is 14.9 Å². The van der Waals surface area contributed by atoms with Gasteiger partial charge in [-0.05, 0) is 30.3 Å². The molecule has 0 bridgehead atoms. The molecule has 27 heavy (non-hydrogen) atoms. The Kier molecular flexibility index (Phi) is 4.47. The van der Waals surface area contributed by atoms with E-state index in [1.54, 1.807) is 17.3 Å². The summed E-state index contributed by atoms with van der Waals surface area (Å²) >= 11 is 1.12. The first-order valence-corrected chi connectivity index (χ1v) is 9.15. The quantitative estimate of drug-likeness (QED) is 0.668. The second kappa shape index (κ2) is 6.80. The smallest absolute Gasteiger partial charge is 0.368 e. The number of anilines is 1. The largest absolute Gasteiger partial charge is 0.416 e. The predicted molar refractivity (Wildman–Crippen MR) is 97.0 cm³/mol. The number of carbonyl (C=O) groups is 1. The molecule has 3 heterocycles. The van der Waals surface area contributed by atoms with Gasteiger partial charge in [-0.1, -0.05) is 0 Å². The predicted octanol–water partition coefficient (Wildman–Crippen LogP) is 3.67. The molecule has 1 amide bonds. The third-order valence-electron chi connectivity index (χ3n) is 4.49. The Morgan fingerprint density at radius 1 is 1.04 bits per heavy atom. The van der Waals surface area contributed by atoms with Crippen molar-refractivity contribution in [3.8, 4) is 0 Å². The highest BCUT2D eigenvalue weighted by atomic mass is 32.1. The van der Waals surface area contributed by atoms with E-state index in [-0.39, 0.29) is 16.4 Å². The van der Waals surface area contributed by atoms with Crippen LogP contribution in [0, 0.1) is 0 Å². The fourth-order valence-corrected chi connectivity index (χ4v) is 3.97. The summed E-state index contributed by atoms with van der Waals surface area (Å²) in [5.74, 6) is -0.237. The van der Waals surface area contributed by atoms with Crippen molar-refractivity contribution >= 4 is 33.1 Å². The van der Waals surface area contributed by atoms with Crippen molar-refractivity contribution in [1.29, 1.82) is 0 Å². The first-order valence-electron chi connectivity index (χ1n) is 8.34. The number of hydrogen-bond donors (Lipinski definition) is 0. The summed E-state index contributed by atoms with van der Waals surface area (Å²) in [6.45, 7) is 2.42. The molecule has 1 aliphatic rings. The third-order valence-corrected chi connectivity index (χ3v) is 5.52. The Morgan fingerprint density at radius 3 is 2.41 bits per heavy atom. The fourth-order valence-electron chi connectivity index (χ4n) is 3.05. The van der Waals surface area contributed by atoms with Crippen LogP contribution in [0.4, 0.5) is 18.9 Å². The number of rotatable bonds is 2. The van der Waals surface area contributed by atoms with E-state index >= 15 is 0 Å². The van der Waals surface area contributed by atoms with Crippen molar-refractivity contribution < 1.29 is 18.0 Å². The second-order valence-electron chi connectivity index (χ2n) is 6.18. The number of pyridine rings is 1. The zero-order chi connectivity index (χ0) is 19.0. The van der Waals surface area contributed by atoms with Crippen LogP contribution >= 0.6 is 11.3 Å². The maximum Gasteiger partial charge on any atom is 0.416 e. The Bertz CT molecular complexity index is 966. The number of piperazine rings is 1. The van der Waals surface area contributed by atoms with Gasteiger partial charge in [0, 0.05) is 44.3 Å². The molecule has 1 aliphatic heterocycles. The van der Waals surface area contributed by atoms with Gasteiger partial charge in [0.2, 0.25) is 0 Å². The fraction of sp³-hybridized carbons (Fsp3) is 0.278. The van der Waals surface area contributed by atoms with E-state index in [0.29, 0.717) is 30.9 Å². The molecule has 9 heteroatoms. The van der Waals surface area contributed by atoms with Crippen molar-refractivity contribution in [2.75, 3.05) is 31.1 Å². The van der Waals surface area contributed by atoms with Crippen LogP contribution in [0.1, 0.15) is 15.4 Å². The van der Waals surface area contributed by atoms with Gasteiger partial charge in [-0.2, -0.15) is 13.2 Å². The number of halogens is 3. The molecule has 1 fully saturated rings. The highest BCUT2D eigenvalue weighted by Crippen LogP contribution is 2.33. The molecular weight excluding hydrogens is 377 g/mol. The minimum absolute atomic E-state index is 0.202. The molecular formula is C18H15F3N4OS. The molecule has 140 valence electrons. The molecule has 0 atom stereocenters. The number of nitrogens with zero attached hydrogens (tertiary/aromatic N) is 4. The topological polar surface area (TPSA) is 49.3 Å². The minimum Gasteiger partial charge on any atom is -0.368 e. The minimum atomic E-state index is -4.43. The average Bonchev–Trinajstić information content (AvgIpc) is 3.11. The molecule has 0 radical (unpaired) electrons. The van der Waals surface area contributed by atoms with Crippen LogP contribution in [-0.2, 0) is 6.18 Å². The summed E-state index contributed by atoms with van der Waals surface area (Å²) < 4.78 is 39.1. The first-order chi connectivity index (χ1) is 12.9. The van der Waals surface area contributed by atoms with E-state index in [9.17, 15) is 18.0 Å². The van der Waals surface area contributed by atoms with Crippen LogP contribution in [0.25, 0.3) is 10.2 Å². The van der Waals surface area contributed by atoms with Gasteiger partial charge < -0.3 is 9.80 Å². The lowest BCUT2D eigenvalue weighted by atomic mass is 10.2. The van der Waals surface area contributed by atoms with Gasteiger partial charge in [-0.3, -0.25) is 9.78 Å². The molecule has 0 spiro atoms. The van der Waals surface area contributed by atoms with Crippen molar-refractivity contribution in [2.24, 2.45) is 0 Å². The molecule has 1 saturated heterocycles. The summed E-state index contributed by atoms with van der Waals surface area (Å²) in [6.07, 6.45) is -0.975. The monoisotopic (exact) mass is 392 g/mol. The van der Waals surface area contributed by atoms with Crippen molar-refractivity contribution in [3.05, 3.63) is 53.3 Å². The van der Waals surface area contributed by atoms with Gasteiger partial charge in [0.1, 0.15) is 0 Å². The van der Waals surface area contributed by atoms with Gasteiger partial charge >= 0.3 is 6.18 Å². The molecule has 2 aromatic heterocycles. The van der Waals surface area contributed by atoms with Crippen LogP contribution < -0.4 is 4.90 Å². The lowest BCUT2D eigenvalue weighted by molar-refractivity contribution is -0.137. The van der Waals surface area contributed by atoms with Crippen molar-refractivity contribution in [3.63, 3.8) is 0 Å². The van der Waals surface area contributed by atoms with Crippen LogP contribution in [0.2, 0.25) is 0 Å². The Balaban J connectivity index is 1.48. The standard InChI is InChI=1S/C18H15F3N4OS/c19-18(20,21)12-1-2-15-14(11-12)23-16(27-15)17(26)25-9-7-24(8-10-25)13-3-5-22-6-4-13/h1-6,11H,7-10H2. The number of amides is 1. The zero-order valence-corrected chi connectivity index (χ0v) is 14.9. The molecule has 5 nitrogen and oxygen atoms in total. The molecule has 4 rings (SSSR count). The third kappa shape index (κ3) is 3.59. The number of thiazole rings is 1. The van der Waals surface area contributed by atoms with Gasteiger partial charge in [0.15, 0.2) is 5.01 Å². The maximum atomic E-state index is 12.8. The molecule has 0 N–H and O–H groups in total. The second-order valence-corrected chi connectivity index (χ2v) is 7.21. The molecule has 3 aromatic rings. The van der Waals surface area contributed by atoms with Crippen LogP contribution in [0.3, 0.4) is 0 Å². The first kappa shape index (κ1) is 17.7. The summed E-state index contributed by atoms with van der Waals surface area (Å²) in [6, 6.07) is 7.22. The average molecular weight is 392 g/mol. The van der Waals surface area contributed by atoms with Gasteiger partial charge in [-0.25, -0.2) is 4.98 Å². The van der Waals surface area contributed by atoms with Gasteiger partial charge in [0.05, 0.1) is 15.8 Å². The Labute approximate surface area is 157 Å². The highest BCUT2D eigenvalue weighted by molar-refractivity contribution is 7.20. The molecule has 0 aliphatic carbocycles. The van der Waals surface area contributed by atoms with E-state index in [4.69, 9.17) is 0 Å². The van der Waals surface area contributed by atoms with Crippen LogP contribution in [0.15, 0.2) is 42.7 Å². The Hall–Kier alpha value is -2.68. The number of hydrogen-bond acceptors (Lipinski definition) is 5. The van der Waals surface area contributed by atoms with Gasteiger partial charge in [-0.15, -0.1) is 11.3 Å². The number of alkyl halides is 3. The van der Waals surface area contributed by atoms with Crippen LogP contribution in [0.5, 0.6) is 0 Å². The maximum absolute atomic E-state index is 12.8. The molecule has 0 unspecified atom stereocenters. The summed E-state index contributed by atoms with van der Waals surface area (Å²) in [5, 5.41) is 0.224. The lowest BCUT2D eigenvalue weighted by Gasteiger charge is -2.35. The van der Waals surface area contributed by atoms with Crippen LogP contribution in [-0.4, -0.2) is 47.0 Å². The van der Waals surface area contributed by atoms with Crippen molar-refractivity contribution in [2.45, 2.75) is 6.18 Å². The summed E-state index contributed by atoms with van der Waals surface area (Å²) in [4.78, 5) is 24.7. The molecule has 1 aromatic carbocycles. The summed E-state index contributed by atoms with van der Waals surface area (Å²) in [5.41, 5.74) is 0.496. The number of carbonyl (C=O) groups excluding carboxylic acids is 1.